The molecule has 0 radical (unpaired) electrons. The zero-order valence-corrected chi connectivity index (χ0v) is 19.4. The molecule has 30 heavy (non-hydrogen) atoms. The first-order valence-corrected chi connectivity index (χ1v) is 13.5. The van der Waals surface area contributed by atoms with Crippen LogP contribution < -0.4 is 10.0 Å². The quantitative estimate of drug-likeness (QED) is 0.548. The average molecular weight is 472 g/mol. The first-order chi connectivity index (χ1) is 14.1. The second-order valence-electron chi connectivity index (χ2n) is 7.79. The van der Waals surface area contributed by atoms with E-state index in [9.17, 15) is 16.8 Å². The number of halogens is 1. The molecule has 1 aromatic carbocycles. The minimum atomic E-state index is -3.71. The molecule has 3 rings (SSSR count). The first kappa shape index (κ1) is 23.0. The van der Waals surface area contributed by atoms with Crippen LogP contribution in [0.5, 0.6) is 0 Å². The van der Waals surface area contributed by atoms with Gasteiger partial charge in [-0.05, 0) is 55.0 Å². The van der Waals surface area contributed by atoms with E-state index in [1.807, 2.05) is 0 Å². The molecule has 0 saturated heterocycles. The van der Waals surface area contributed by atoms with Gasteiger partial charge in [-0.25, -0.2) is 21.6 Å². The molecule has 0 atom stereocenters. The SMILES string of the molecule is CCCC1(CNS(=O)(=O)c2ccc(NCc3ncccc3S(C)(=O)=O)cc2Cl)CC1. The van der Waals surface area contributed by atoms with Crippen molar-refractivity contribution < 1.29 is 16.8 Å². The van der Waals surface area contributed by atoms with Crippen LogP contribution in [0.2, 0.25) is 5.02 Å². The van der Waals surface area contributed by atoms with E-state index in [4.69, 9.17) is 11.6 Å². The average Bonchev–Trinajstić information content (AvgIpc) is 3.44. The summed E-state index contributed by atoms with van der Waals surface area (Å²) in [5.41, 5.74) is 1.03. The summed E-state index contributed by atoms with van der Waals surface area (Å²) in [6, 6.07) is 7.62. The molecule has 1 saturated carbocycles. The Hall–Kier alpha value is -1.68. The number of benzene rings is 1. The van der Waals surface area contributed by atoms with Crippen molar-refractivity contribution in [2.45, 2.75) is 48.9 Å². The molecule has 7 nitrogen and oxygen atoms in total. The molecule has 0 spiro atoms. The maximum atomic E-state index is 12.7. The van der Waals surface area contributed by atoms with Crippen LogP contribution in [0.1, 0.15) is 38.3 Å². The third-order valence-electron chi connectivity index (χ3n) is 5.30. The third-order valence-corrected chi connectivity index (χ3v) is 8.36. The van der Waals surface area contributed by atoms with Gasteiger partial charge in [0.1, 0.15) is 4.90 Å². The van der Waals surface area contributed by atoms with Crippen LogP contribution >= 0.6 is 11.6 Å². The normalized spacial score (nSPS) is 15.7. The maximum absolute atomic E-state index is 12.7. The molecule has 0 unspecified atom stereocenters. The molecule has 1 fully saturated rings. The fourth-order valence-electron chi connectivity index (χ4n) is 3.46. The van der Waals surface area contributed by atoms with Gasteiger partial charge >= 0.3 is 0 Å². The number of hydrogen-bond acceptors (Lipinski definition) is 6. The number of nitrogens with one attached hydrogen (secondary N) is 2. The van der Waals surface area contributed by atoms with Gasteiger partial charge in [0, 0.05) is 24.7 Å². The van der Waals surface area contributed by atoms with Gasteiger partial charge in [-0.3, -0.25) is 4.98 Å². The molecular weight excluding hydrogens is 446 g/mol. The van der Waals surface area contributed by atoms with Crippen LogP contribution in [0, 0.1) is 5.41 Å². The molecule has 10 heteroatoms. The summed E-state index contributed by atoms with van der Waals surface area (Å²) in [6.45, 7) is 2.68. The molecule has 2 aromatic rings. The summed E-state index contributed by atoms with van der Waals surface area (Å²) < 4.78 is 51.8. The molecule has 0 amide bonds. The summed E-state index contributed by atoms with van der Waals surface area (Å²) in [5.74, 6) is 0. The molecule has 1 aliphatic carbocycles. The molecule has 0 aliphatic heterocycles. The Kier molecular flexibility index (Phi) is 6.76. The summed E-state index contributed by atoms with van der Waals surface area (Å²) in [7, 11) is -7.12. The van der Waals surface area contributed by atoms with E-state index in [1.165, 1.54) is 24.4 Å². The monoisotopic (exact) mass is 471 g/mol. The first-order valence-electron chi connectivity index (χ1n) is 9.73. The van der Waals surface area contributed by atoms with Crippen LogP contribution in [-0.4, -0.2) is 34.6 Å². The van der Waals surface area contributed by atoms with Gasteiger partial charge in [-0.2, -0.15) is 0 Å². The van der Waals surface area contributed by atoms with Gasteiger partial charge in [0.15, 0.2) is 9.84 Å². The molecule has 1 aromatic heterocycles. The number of rotatable bonds is 10. The predicted molar refractivity (Wildman–Crippen MR) is 118 cm³/mol. The van der Waals surface area contributed by atoms with E-state index in [2.05, 4.69) is 21.9 Å². The van der Waals surface area contributed by atoms with Gasteiger partial charge < -0.3 is 5.32 Å². The summed E-state index contributed by atoms with van der Waals surface area (Å²) in [4.78, 5) is 4.30. The highest BCUT2D eigenvalue weighted by Crippen LogP contribution is 2.49. The largest absolute Gasteiger partial charge is 0.379 e. The molecular formula is C20H26ClN3O4S2. The van der Waals surface area contributed by atoms with Crippen molar-refractivity contribution >= 4 is 37.1 Å². The van der Waals surface area contributed by atoms with Crippen LogP contribution in [0.4, 0.5) is 5.69 Å². The number of aromatic nitrogens is 1. The van der Waals surface area contributed by atoms with E-state index in [0.717, 1.165) is 31.9 Å². The van der Waals surface area contributed by atoms with Gasteiger partial charge in [-0.15, -0.1) is 0 Å². The lowest BCUT2D eigenvalue weighted by atomic mass is 10.0. The number of sulfone groups is 1. The highest BCUT2D eigenvalue weighted by atomic mass is 35.5. The number of sulfonamides is 1. The number of pyridine rings is 1. The third kappa shape index (κ3) is 5.51. The van der Waals surface area contributed by atoms with Crippen molar-refractivity contribution in [3.05, 3.63) is 47.2 Å². The van der Waals surface area contributed by atoms with Crippen LogP contribution in [-0.2, 0) is 26.4 Å². The summed E-state index contributed by atoms with van der Waals surface area (Å²) in [6.07, 6.45) is 6.77. The number of hydrogen-bond donors (Lipinski definition) is 2. The Balaban J connectivity index is 1.70. The van der Waals surface area contributed by atoms with E-state index in [1.54, 1.807) is 12.1 Å². The van der Waals surface area contributed by atoms with E-state index < -0.39 is 19.9 Å². The fourth-order valence-corrected chi connectivity index (χ4v) is 6.03. The summed E-state index contributed by atoms with van der Waals surface area (Å²) >= 11 is 6.26. The lowest BCUT2D eigenvalue weighted by Crippen LogP contribution is -2.30. The van der Waals surface area contributed by atoms with Gasteiger partial charge in [0.2, 0.25) is 10.0 Å². The maximum Gasteiger partial charge on any atom is 0.242 e. The van der Waals surface area contributed by atoms with E-state index in [0.29, 0.717) is 17.9 Å². The minimum absolute atomic E-state index is 0.0247. The van der Waals surface area contributed by atoms with Crippen molar-refractivity contribution in [3.8, 4) is 0 Å². The second kappa shape index (κ2) is 8.82. The van der Waals surface area contributed by atoms with Crippen LogP contribution in [0.15, 0.2) is 46.3 Å². The number of anilines is 1. The van der Waals surface area contributed by atoms with Crippen molar-refractivity contribution in [1.82, 2.24) is 9.71 Å². The molecule has 164 valence electrons. The molecule has 1 heterocycles. The van der Waals surface area contributed by atoms with Crippen molar-refractivity contribution in [2.75, 3.05) is 18.1 Å². The van der Waals surface area contributed by atoms with Crippen LogP contribution in [0.25, 0.3) is 0 Å². The summed E-state index contributed by atoms with van der Waals surface area (Å²) in [5, 5.41) is 3.14. The van der Waals surface area contributed by atoms with Crippen molar-refractivity contribution in [1.29, 1.82) is 0 Å². The Labute approximate surface area is 183 Å². The van der Waals surface area contributed by atoms with Crippen molar-refractivity contribution in [2.24, 2.45) is 5.41 Å². The predicted octanol–water partition coefficient (Wildman–Crippen LogP) is 3.61. The zero-order chi connectivity index (χ0) is 22.0. The smallest absolute Gasteiger partial charge is 0.242 e. The minimum Gasteiger partial charge on any atom is -0.379 e. The lowest BCUT2D eigenvalue weighted by molar-refractivity contribution is 0.449. The fraction of sp³-hybridized carbons (Fsp3) is 0.450. The Bertz CT molecular complexity index is 1130. The van der Waals surface area contributed by atoms with E-state index >= 15 is 0 Å². The highest BCUT2D eigenvalue weighted by molar-refractivity contribution is 7.90. The Morgan fingerprint density at radius 1 is 1.13 bits per heavy atom. The van der Waals surface area contributed by atoms with Gasteiger partial charge in [-0.1, -0.05) is 24.9 Å². The van der Waals surface area contributed by atoms with Crippen LogP contribution in [0.3, 0.4) is 0 Å². The Morgan fingerprint density at radius 2 is 1.87 bits per heavy atom. The van der Waals surface area contributed by atoms with Gasteiger partial charge in [0.05, 0.1) is 22.2 Å². The number of nitrogens with zero attached hydrogens (tertiary/aromatic N) is 1. The standard InChI is InChI=1S/C20H26ClN3O4S2/c1-3-8-20(9-10-20)14-24-30(27,28)18-7-6-15(12-16(18)21)23-13-17-19(29(2,25)26)5-4-11-22-17/h4-7,11-12,23-24H,3,8-10,13-14H2,1-2H3. The highest BCUT2D eigenvalue weighted by Gasteiger charge is 2.42. The lowest BCUT2D eigenvalue weighted by Gasteiger charge is -2.16. The zero-order valence-electron chi connectivity index (χ0n) is 17.0. The van der Waals surface area contributed by atoms with E-state index in [-0.39, 0.29) is 26.8 Å². The topological polar surface area (TPSA) is 105 Å². The molecule has 0 bridgehead atoms. The molecule has 1 aliphatic rings. The van der Waals surface area contributed by atoms with Gasteiger partial charge in [0.25, 0.3) is 0 Å². The van der Waals surface area contributed by atoms with Crippen molar-refractivity contribution in [3.63, 3.8) is 0 Å². The molecule has 2 N–H and O–H groups in total. The second-order valence-corrected chi connectivity index (χ2v) is 11.9. The Morgan fingerprint density at radius 3 is 2.47 bits per heavy atom.